The summed E-state index contributed by atoms with van der Waals surface area (Å²) < 4.78 is 0. The summed E-state index contributed by atoms with van der Waals surface area (Å²) in [7, 11) is 0. The molecule has 132 valence electrons. The average Bonchev–Trinajstić information content (AvgIpc) is 3.09. The van der Waals surface area contributed by atoms with Crippen LogP contribution in [0, 0.1) is 5.92 Å². The summed E-state index contributed by atoms with van der Waals surface area (Å²) in [5, 5.41) is 9.39. The number of aliphatic carboxylic acids is 1. The number of hydrogen-bond donors (Lipinski definition) is 2. The summed E-state index contributed by atoms with van der Waals surface area (Å²) >= 11 is 0. The van der Waals surface area contributed by atoms with E-state index in [1.54, 1.807) is 4.90 Å². The minimum absolute atomic E-state index is 0.0739. The van der Waals surface area contributed by atoms with Crippen LogP contribution in [0.25, 0.3) is 11.3 Å². The minimum Gasteiger partial charge on any atom is -0.480 e. The number of amides is 1. The van der Waals surface area contributed by atoms with Crippen LogP contribution in [0.3, 0.4) is 0 Å². The highest BCUT2D eigenvalue weighted by atomic mass is 16.4. The van der Waals surface area contributed by atoms with Crippen molar-refractivity contribution in [2.75, 3.05) is 6.54 Å². The number of carboxylic acid groups (broad SMARTS) is 1. The number of aromatic amines is 1. The topological polar surface area (TPSA) is 73.4 Å². The van der Waals surface area contributed by atoms with E-state index in [-0.39, 0.29) is 5.91 Å². The summed E-state index contributed by atoms with van der Waals surface area (Å²) in [6, 6.07) is 13.3. The van der Waals surface area contributed by atoms with Gasteiger partial charge < -0.3 is 15.0 Å². The number of aryl methyl sites for hydroxylation is 1. The highest BCUT2D eigenvalue weighted by Crippen LogP contribution is 2.24. The number of piperidine rings is 1. The van der Waals surface area contributed by atoms with Crippen molar-refractivity contribution in [3.8, 4) is 11.3 Å². The zero-order valence-corrected chi connectivity index (χ0v) is 14.4. The second-order valence-corrected chi connectivity index (χ2v) is 6.83. The molecule has 2 heterocycles. The highest BCUT2D eigenvalue weighted by Gasteiger charge is 2.34. The van der Waals surface area contributed by atoms with Crippen molar-refractivity contribution in [2.45, 2.75) is 38.6 Å². The van der Waals surface area contributed by atoms with Gasteiger partial charge in [0.05, 0.1) is 0 Å². The highest BCUT2D eigenvalue weighted by molar-refractivity contribution is 5.84. The maximum atomic E-state index is 12.5. The molecule has 2 aromatic rings. The molecule has 1 fully saturated rings. The standard InChI is InChI=1S/C20H24N2O3/c1-14-11-12-22(18(13-14)20(24)25)19(23)10-8-16-7-9-17(21-16)15-5-3-2-4-6-15/h2-7,9,14,18,21H,8,10-13H2,1H3,(H,24,25). The molecule has 0 radical (unpaired) electrons. The third-order valence-electron chi connectivity index (χ3n) is 4.91. The molecule has 2 N–H and O–H groups in total. The van der Waals surface area contributed by atoms with Crippen molar-refractivity contribution in [3.63, 3.8) is 0 Å². The molecule has 0 saturated carbocycles. The SMILES string of the molecule is CC1CCN(C(=O)CCc2ccc(-c3ccccc3)[nH]2)C(C(=O)O)C1. The number of likely N-dealkylation sites (tertiary alicyclic amines) is 1. The van der Waals surface area contributed by atoms with Crippen molar-refractivity contribution >= 4 is 11.9 Å². The van der Waals surface area contributed by atoms with Crippen molar-refractivity contribution in [2.24, 2.45) is 5.92 Å². The molecular formula is C20H24N2O3. The van der Waals surface area contributed by atoms with Crippen LogP contribution in [0.5, 0.6) is 0 Å². The molecule has 1 aromatic carbocycles. The van der Waals surface area contributed by atoms with E-state index in [9.17, 15) is 14.7 Å². The van der Waals surface area contributed by atoms with E-state index in [2.05, 4.69) is 4.98 Å². The molecule has 1 amide bonds. The first-order valence-corrected chi connectivity index (χ1v) is 8.80. The third kappa shape index (κ3) is 4.10. The molecule has 0 bridgehead atoms. The van der Waals surface area contributed by atoms with Crippen molar-refractivity contribution in [1.29, 1.82) is 0 Å². The lowest BCUT2D eigenvalue weighted by Crippen LogP contribution is -2.49. The Kier molecular flexibility index (Phi) is 5.22. The third-order valence-corrected chi connectivity index (χ3v) is 4.91. The van der Waals surface area contributed by atoms with E-state index in [1.165, 1.54) is 0 Å². The predicted octanol–water partition coefficient (Wildman–Crippen LogP) is 3.33. The molecule has 3 rings (SSSR count). The lowest BCUT2D eigenvalue weighted by Gasteiger charge is -2.36. The Balaban J connectivity index is 1.60. The summed E-state index contributed by atoms with van der Waals surface area (Å²) in [6.45, 7) is 2.58. The normalized spacial score (nSPS) is 20.4. The molecule has 25 heavy (non-hydrogen) atoms. The average molecular weight is 340 g/mol. The number of aromatic nitrogens is 1. The van der Waals surface area contributed by atoms with E-state index < -0.39 is 12.0 Å². The molecule has 1 saturated heterocycles. The van der Waals surface area contributed by atoms with Crippen LogP contribution in [0.15, 0.2) is 42.5 Å². The summed E-state index contributed by atoms with van der Waals surface area (Å²) in [5.41, 5.74) is 3.12. The van der Waals surface area contributed by atoms with E-state index in [0.29, 0.717) is 31.7 Å². The van der Waals surface area contributed by atoms with Gasteiger partial charge in [-0.2, -0.15) is 0 Å². The number of nitrogens with one attached hydrogen (secondary N) is 1. The number of carbonyl (C=O) groups excluding carboxylic acids is 1. The minimum atomic E-state index is -0.897. The lowest BCUT2D eigenvalue weighted by atomic mass is 9.92. The number of H-pyrrole nitrogens is 1. The number of nitrogens with zero attached hydrogens (tertiary/aromatic N) is 1. The monoisotopic (exact) mass is 340 g/mol. The number of benzene rings is 1. The summed E-state index contributed by atoms with van der Waals surface area (Å²) in [5.74, 6) is -0.622. The molecule has 0 spiro atoms. The second-order valence-electron chi connectivity index (χ2n) is 6.83. The van der Waals surface area contributed by atoms with Gasteiger partial charge in [-0.05, 0) is 42.9 Å². The van der Waals surface area contributed by atoms with Gasteiger partial charge in [-0.1, -0.05) is 37.3 Å². The quantitative estimate of drug-likeness (QED) is 0.877. The number of carboxylic acids is 1. The van der Waals surface area contributed by atoms with Crippen molar-refractivity contribution < 1.29 is 14.7 Å². The summed E-state index contributed by atoms with van der Waals surface area (Å²) in [4.78, 5) is 28.9. The second kappa shape index (κ2) is 7.55. The Labute approximate surface area is 147 Å². The number of rotatable bonds is 5. The molecule has 0 aliphatic carbocycles. The molecule has 2 atom stereocenters. The molecule has 1 aromatic heterocycles. The molecule has 1 aliphatic heterocycles. The van der Waals surface area contributed by atoms with Crippen molar-refractivity contribution in [3.05, 3.63) is 48.2 Å². The first-order chi connectivity index (χ1) is 12.0. The maximum Gasteiger partial charge on any atom is 0.326 e. The van der Waals surface area contributed by atoms with Gasteiger partial charge >= 0.3 is 5.97 Å². The zero-order valence-electron chi connectivity index (χ0n) is 14.4. The Morgan fingerprint density at radius 1 is 1.20 bits per heavy atom. The smallest absolute Gasteiger partial charge is 0.326 e. The largest absolute Gasteiger partial charge is 0.480 e. The van der Waals surface area contributed by atoms with Gasteiger partial charge in [0.2, 0.25) is 5.91 Å². The first-order valence-electron chi connectivity index (χ1n) is 8.80. The lowest BCUT2D eigenvalue weighted by molar-refractivity contribution is -0.153. The fraction of sp³-hybridized carbons (Fsp3) is 0.400. The van der Waals surface area contributed by atoms with Crippen LogP contribution in [0.1, 0.15) is 31.9 Å². The molecule has 5 nitrogen and oxygen atoms in total. The van der Waals surface area contributed by atoms with Gasteiger partial charge in [0.15, 0.2) is 0 Å². The molecule has 1 aliphatic rings. The Morgan fingerprint density at radius 2 is 1.96 bits per heavy atom. The van der Waals surface area contributed by atoms with Gasteiger partial charge in [0.1, 0.15) is 6.04 Å². The molecule has 5 heteroatoms. The maximum absolute atomic E-state index is 12.5. The Bertz CT molecular complexity index is 738. The van der Waals surface area contributed by atoms with E-state index in [1.807, 2.05) is 49.4 Å². The van der Waals surface area contributed by atoms with Gasteiger partial charge in [0, 0.05) is 24.4 Å². The van der Waals surface area contributed by atoms with Crippen LogP contribution in [-0.4, -0.2) is 39.5 Å². The van der Waals surface area contributed by atoms with Crippen LogP contribution in [0.4, 0.5) is 0 Å². The summed E-state index contributed by atoms with van der Waals surface area (Å²) in [6.07, 6.45) is 2.33. The molecule has 2 unspecified atom stereocenters. The predicted molar refractivity (Wildman–Crippen MR) is 96.1 cm³/mol. The first kappa shape index (κ1) is 17.3. The van der Waals surface area contributed by atoms with Crippen LogP contribution < -0.4 is 0 Å². The Hall–Kier alpha value is -2.56. The van der Waals surface area contributed by atoms with Gasteiger partial charge in [-0.15, -0.1) is 0 Å². The Morgan fingerprint density at radius 3 is 2.68 bits per heavy atom. The fourth-order valence-electron chi connectivity index (χ4n) is 3.43. The zero-order chi connectivity index (χ0) is 17.8. The van der Waals surface area contributed by atoms with Gasteiger partial charge in [-0.25, -0.2) is 4.79 Å². The number of hydrogen-bond acceptors (Lipinski definition) is 2. The van der Waals surface area contributed by atoms with Crippen LogP contribution in [-0.2, 0) is 16.0 Å². The van der Waals surface area contributed by atoms with Gasteiger partial charge in [-0.3, -0.25) is 4.79 Å². The van der Waals surface area contributed by atoms with Crippen LogP contribution in [0.2, 0.25) is 0 Å². The molecular weight excluding hydrogens is 316 g/mol. The van der Waals surface area contributed by atoms with Crippen molar-refractivity contribution in [1.82, 2.24) is 9.88 Å². The van der Waals surface area contributed by atoms with E-state index in [4.69, 9.17) is 0 Å². The van der Waals surface area contributed by atoms with Crippen LogP contribution >= 0.6 is 0 Å². The fourth-order valence-corrected chi connectivity index (χ4v) is 3.43. The van der Waals surface area contributed by atoms with Gasteiger partial charge in [0.25, 0.3) is 0 Å². The number of carbonyl (C=O) groups is 2. The van der Waals surface area contributed by atoms with E-state index >= 15 is 0 Å². The van der Waals surface area contributed by atoms with E-state index in [0.717, 1.165) is 23.4 Å².